The Bertz CT molecular complexity index is 727. The molecule has 0 atom stereocenters. The molecule has 1 amide bonds. The molecule has 0 radical (unpaired) electrons. The monoisotopic (exact) mass is 377 g/mol. The van der Waals surface area contributed by atoms with Gasteiger partial charge in [-0.3, -0.25) is 9.78 Å². The molecule has 2 aromatic rings. The average molecular weight is 378 g/mol. The van der Waals surface area contributed by atoms with Gasteiger partial charge in [0.2, 0.25) is 0 Å². The lowest BCUT2D eigenvalue weighted by molar-refractivity contribution is -0.00653. The van der Waals surface area contributed by atoms with E-state index in [9.17, 15) is 9.90 Å². The minimum absolute atomic E-state index is 0.104. The maximum absolute atomic E-state index is 12.4. The molecule has 0 unspecified atom stereocenters. The second-order valence-corrected chi connectivity index (χ2v) is 7.07. The van der Waals surface area contributed by atoms with E-state index in [2.05, 4.69) is 31.2 Å². The molecule has 1 saturated carbocycles. The molecule has 1 aliphatic carbocycles. The van der Waals surface area contributed by atoms with Crippen LogP contribution in [0.25, 0.3) is 10.9 Å². The van der Waals surface area contributed by atoms with Gasteiger partial charge >= 0.3 is 0 Å². The van der Waals surface area contributed by atoms with Gasteiger partial charge in [-0.1, -0.05) is 6.92 Å². The third kappa shape index (κ3) is 3.53. The fourth-order valence-electron chi connectivity index (χ4n) is 3.05. The number of rotatable bonds is 3. The fourth-order valence-corrected chi connectivity index (χ4v) is 3.48. The molecule has 6 heteroatoms. The Kier molecular flexibility index (Phi) is 4.64. The summed E-state index contributed by atoms with van der Waals surface area (Å²) < 4.78 is 0.773. The molecule has 0 bridgehead atoms. The van der Waals surface area contributed by atoms with E-state index >= 15 is 0 Å². The number of carbonyl (C=O) groups is 1. The number of nitrogens with one attached hydrogen (secondary N) is 1. The standard InChI is InChI=1S/C17H20BrN3O2/c1-2-17(23)7-5-12(6-8-17)20-16(22)14-4-3-11-9-19-10-13(18)15(11)21-14/h3-4,9-10,12,23H,2,5-8H2,1H3,(H,20,22). The van der Waals surface area contributed by atoms with E-state index in [4.69, 9.17) is 0 Å². The van der Waals surface area contributed by atoms with Gasteiger partial charge in [0.05, 0.1) is 15.6 Å². The second kappa shape index (κ2) is 6.53. The molecule has 0 saturated heterocycles. The molecule has 1 fully saturated rings. The van der Waals surface area contributed by atoms with Gasteiger partial charge in [-0.25, -0.2) is 4.98 Å². The number of hydrogen-bond acceptors (Lipinski definition) is 4. The summed E-state index contributed by atoms with van der Waals surface area (Å²) in [5.74, 6) is -0.164. The van der Waals surface area contributed by atoms with Gasteiger partial charge in [-0.05, 0) is 60.2 Å². The Morgan fingerprint density at radius 1 is 1.39 bits per heavy atom. The van der Waals surface area contributed by atoms with Gasteiger partial charge in [0.1, 0.15) is 5.69 Å². The maximum Gasteiger partial charge on any atom is 0.270 e. The van der Waals surface area contributed by atoms with E-state index in [0.29, 0.717) is 5.69 Å². The summed E-state index contributed by atoms with van der Waals surface area (Å²) in [4.78, 5) is 21.0. The first kappa shape index (κ1) is 16.3. The molecule has 2 aromatic heterocycles. The van der Waals surface area contributed by atoms with Crippen molar-refractivity contribution in [3.05, 3.63) is 34.7 Å². The minimum Gasteiger partial charge on any atom is -0.390 e. The number of pyridine rings is 2. The number of hydrogen-bond donors (Lipinski definition) is 2. The molecule has 0 aromatic carbocycles. The highest BCUT2D eigenvalue weighted by atomic mass is 79.9. The predicted molar refractivity (Wildman–Crippen MR) is 92.2 cm³/mol. The average Bonchev–Trinajstić information content (AvgIpc) is 2.57. The molecule has 0 spiro atoms. The van der Waals surface area contributed by atoms with Gasteiger partial charge < -0.3 is 10.4 Å². The first-order chi connectivity index (χ1) is 11.0. The van der Waals surface area contributed by atoms with Crippen LogP contribution in [0, 0.1) is 0 Å². The number of amides is 1. The smallest absolute Gasteiger partial charge is 0.270 e. The third-order valence-electron chi connectivity index (χ3n) is 4.70. The number of aromatic nitrogens is 2. The van der Waals surface area contributed by atoms with Crippen molar-refractivity contribution in [1.29, 1.82) is 0 Å². The summed E-state index contributed by atoms with van der Waals surface area (Å²) in [5, 5.41) is 14.2. The quantitative estimate of drug-likeness (QED) is 0.860. The Morgan fingerprint density at radius 3 is 2.83 bits per heavy atom. The number of halogens is 1. The molecule has 0 aliphatic heterocycles. The highest BCUT2D eigenvalue weighted by Crippen LogP contribution is 2.31. The van der Waals surface area contributed by atoms with Crippen molar-refractivity contribution in [2.75, 3.05) is 0 Å². The lowest BCUT2D eigenvalue weighted by Crippen LogP contribution is -2.43. The summed E-state index contributed by atoms with van der Waals surface area (Å²) >= 11 is 3.41. The zero-order valence-corrected chi connectivity index (χ0v) is 14.6. The van der Waals surface area contributed by atoms with Crippen molar-refractivity contribution in [2.45, 2.75) is 50.7 Å². The molecule has 2 N–H and O–H groups in total. The molecular formula is C17H20BrN3O2. The van der Waals surface area contributed by atoms with E-state index in [0.717, 1.165) is 47.5 Å². The van der Waals surface area contributed by atoms with Crippen molar-refractivity contribution in [1.82, 2.24) is 15.3 Å². The Balaban J connectivity index is 1.71. The minimum atomic E-state index is -0.555. The van der Waals surface area contributed by atoms with E-state index in [-0.39, 0.29) is 11.9 Å². The summed E-state index contributed by atoms with van der Waals surface area (Å²) in [5.41, 5.74) is 0.581. The van der Waals surface area contributed by atoms with Gasteiger partial charge in [-0.2, -0.15) is 0 Å². The van der Waals surface area contributed by atoms with Crippen molar-refractivity contribution >= 4 is 32.7 Å². The van der Waals surface area contributed by atoms with Crippen LogP contribution in [-0.4, -0.2) is 32.6 Å². The van der Waals surface area contributed by atoms with Crippen molar-refractivity contribution in [3.63, 3.8) is 0 Å². The van der Waals surface area contributed by atoms with Crippen LogP contribution in [0.4, 0.5) is 0 Å². The topological polar surface area (TPSA) is 75.1 Å². The van der Waals surface area contributed by atoms with Crippen LogP contribution in [0.15, 0.2) is 29.0 Å². The van der Waals surface area contributed by atoms with E-state index in [1.54, 1.807) is 18.5 Å². The first-order valence-corrected chi connectivity index (χ1v) is 8.73. The lowest BCUT2D eigenvalue weighted by Gasteiger charge is -2.35. The largest absolute Gasteiger partial charge is 0.390 e. The molecule has 2 heterocycles. The summed E-state index contributed by atoms with van der Waals surface area (Å²) in [7, 11) is 0. The van der Waals surface area contributed by atoms with Gasteiger partial charge in [0.25, 0.3) is 5.91 Å². The molecule has 23 heavy (non-hydrogen) atoms. The lowest BCUT2D eigenvalue weighted by atomic mass is 9.80. The molecule has 3 rings (SSSR count). The molecule has 5 nitrogen and oxygen atoms in total. The van der Waals surface area contributed by atoms with Crippen LogP contribution < -0.4 is 5.32 Å². The van der Waals surface area contributed by atoms with Crippen LogP contribution >= 0.6 is 15.9 Å². The zero-order valence-electron chi connectivity index (χ0n) is 13.1. The van der Waals surface area contributed by atoms with E-state index in [1.807, 2.05) is 13.0 Å². The van der Waals surface area contributed by atoms with Crippen LogP contribution in [-0.2, 0) is 0 Å². The van der Waals surface area contributed by atoms with Gasteiger partial charge in [0, 0.05) is 23.8 Å². The van der Waals surface area contributed by atoms with Crippen molar-refractivity contribution in [2.24, 2.45) is 0 Å². The van der Waals surface area contributed by atoms with Crippen LogP contribution in [0.5, 0.6) is 0 Å². The SMILES string of the molecule is CCC1(O)CCC(NC(=O)c2ccc3cncc(Br)c3n2)CC1. The highest BCUT2D eigenvalue weighted by Gasteiger charge is 2.32. The Labute approximate surface area is 143 Å². The van der Waals surface area contributed by atoms with Crippen LogP contribution in [0.1, 0.15) is 49.5 Å². The Morgan fingerprint density at radius 2 is 2.13 bits per heavy atom. The third-order valence-corrected chi connectivity index (χ3v) is 5.28. The fraction of sp³-hybridized carbons (Fsp3) is 0.471. The first-order valence-electron chi connectivity index (χ1n) is 7.94. The van der Waals surface area contributed by atoms with Gasteiger partial charge in [0.15, 0.2) is 0 Å². The van der Waals surface area contributed by atoms with Gasteiger partial charge in [-0.15, -0.1) is 0 Å². The van der Waals surface area contributed by atoms with Crippen LogP contribution in [0.2, 0.25) is 0 Å². The summed E-state index contributed by atoms with van der Waals surface area (Å²) in [6, 6.07) is 3.68. The Hall–Kier alpha value is -1.53. The zero-order chi connectivity index (χ0) is 16.4. The van der Waals surface area contributed by atoms with E-state index < -0.39 is 5.60 Å². The number of aliphatic hydroxyl groups is 1. The molecule has 1 aliphatic rings. The molecular weight excluding hydrogens is 358 g/mol. The van der Waals surface area contributed by atoms with Crippen molar-refractivity contribution < 1.29 is 9.90 Å². The van der Waals surface area contributed by atoms with E-state index in [1.165, 1.54) is 0 Å². The number of carbonyl (C=O) groups excluding carboxylic acids is 1. The number of nitrogens with zero attached hydrogens (tertiary/aromatic N) is 2. The highest BCUT2D eigenvalue weighted by molar-refractivity contribution is 9.10. The number of fused-ring (bicyclic) bond motifs is 1. The van der Waals surface area contributed by atoms with Crippen molar-refractivity contribution in [3.8, 4) is 0 Å². The predicted octanol–water partition coefficient (Wildman–Crippen LogP) is 3.21. The normalized spacial score (nSPS) is 24.6. The summed E-state index contributed by atoms with van der Waals surface area (Å²) in [6.07, 6.45) is 7.23. The maximum atomic E-state index is 12.4. The second-order valence-electron chi connectivity index (χ2n) is 6.22. The molecule has 122 valence electrons. The summed E-state index contributed by atoms with van der Waals surface area (Å²) in [6.45, 7) is 2.00. The van der Waals surface area contributed by atoms with Crippen LogP contribution in [0.3, 0.4) is 0 Å².